The Kier molecular flexibility index (Phi) is 27.4. The lowest BCUT2D eigenvalue weighted by Crippen LogP contribution is -2.13. The Bertz CT molecular complexity index is 899. The van der Waals surface area contributed by atoms with Gasteiger partial charge in [-0.15, -0.1) is 0 Å². The van der Waals surface area contributed by atoms with E-state index >= 15 is 0 Å². The third kappa shape index (κ3) is 19.5. The maximum Gasteiger partial charge on any atom is 0.343 e. The minimum Gasteiger partial charge on any atom is -0.504 e. The molecule has 1 aromatic carbocycles. The lowest BCUT2D eigenvalue weighted by atomic mass is 9.99. The summed E-state index contributed by atoms with van der Waals surface area (Å²) in [4.78, 5) is 12.7. The average molecular weight is 663 g/mol. The summed E-state index contributed by atoms with van der Waals surface area (Å²) >= 11 is 0. The molecule has 2 N–H and O–H groups in total. The molecule has 47 heavy (non-hydrogen) atoms. The van der Waals surface area contributed by atoms with E-state index in [0.29, 0.717) is 32.0 Å². The van der Waals surface area contributed by atoms with Gasteiger partial charge in [0.1, 0.15) is 0 Å². The third-order valence-electron chi connectivity index (χ3n) is 9.16. The van der Waals surface area contributed by atoms with Gasteiger partial charge < -0.3 is 24.4 Å². The fourth-order valence-electron chi connectivity index (χ4n) is 6.19. The van der Waals surface area contributed by atoms with E-state index in [9.17, 15) is 15.0 Å². The Morgan fingerprint density at radius 3 is 1.15 bits per heavy atom. The number of benzene rings is 1. The van der Waals surface area contributed by atoms with E-state index in [2.05, 4.69) is 27.7 Å². The van der Waals surface area contributed by atoms with E-state index in [1.165, 1.54) is 96.3 Å². The van der Waals surface area contributed by atoms with Gasteiger partial charge in [-0.2, -0.15) is 0 Å². The van der Waals surface area contributed by atoms with Gasteiger partial charge in [0.15, 0.2) is 28.6 Å². The minimum atomic E-state index is -1.21. The van der Waals surface area contributed by atoms with Crippen LogP contribution in [-0.4, -0.2) is 36.0 Å². The standard InChI is InChI=1S/C41H74O6/c1-5-9-13-17-21-25-29-33-46-39-35(31-27-23-19-15-11-7-3)38(45-32-28-24-20-16-12-8-4)37(42)36(41(43)44)40(39)47-34-30-26-22-18-14-10-6-2/h42H,5-34H2,1-4H3,(H,43,44). The van der Waals surface area contributed by atoms with Gasteiger partial charge in [0.05, 0.1) is 19.8 Å². The van der Waals surface area contributed by atoms with Crippen LogP contribution in [0.3, 0.4) is 0 Å². The molecule has 0 aliphatic carbocycles. The molecule has 0 spiro atoms. The summed E-state index contributed by atoms with van der Waals surface area (Å²) in [6.45, 7) is 10.2. The molecule has 0 unspecified atom stereocenters. The first-order chi connectivity index (χ1) is 23.0. The molecule has 6 nitrogen and oxygen atoms in total. The van der Waals surface area contributed by atoms with E-state index < -0.39 is 5.97 Å². The van der Waals surface area contributed by atoms with Crippen LogP contribution in [0.1, 0.15) is 211 Å². The van der Waals surface area contributed by atoms with Crippen LogP contribution < -0.4 is 14.2 Å². The summed E-state index contributed by atoms with van der Waals surface area (Å²) in [7, 11) is 0. The average Bonchev–Trinajstić information content (AvgIpc) is 3.06. The lowest BCUT2D eigenvalue weighted by Gasteiger charge is -2.23. The summed E-state index contributed by atoms with van der Waals surface area (Å²) < 4.78 is 19.0. The zero-order chi connectivity index (χ0) is 34.4. The van der Waals surface area contributed by atoms with Crippen molar-refractivity contribution in [1.29, 1.82) is 0 Å². The van der Waals surface area contributed by atoms with Crippen LogP contribution in [0.4, 0.5) is 0 Å². The third-order valence-corrected chi connectivity index (χ3v) is 9.16. The van der Waals surface area contributed by atoms with Crippen LogP contribution in [0.25, 0.3) is 0 Å². The summed E-state index contributed by atoms with van der Waals surface area (Å²) in [5.74, 6) is -0.601. The predicted octanol–water partition coefficient (Wildman–Crippen LogP) is 13.0. The Labute approximate surface area is 289 Å². The van der Waals surface area contributed by atoms with Crippen molar-refractivity contribution in [2.24, 2.45) is 0 Å². The van der Waals surface area contributed by atoms with Gasteiger partial charge in [-0.05, 0) is 32.1 Å². The predicted molar refractivity (Wildman–Crippen MR) is 198 cm³/mol. The molecule has 0 aliphatic heterocycles. The maximum absolute atomic E-state index is 12.7. The number of phenols is 1. The summed E-state index contributed by atoms with van der Waals surface area (Å²) in [5.41, 5.74) is 0.540. The highest BCUT2D eigenvalue weighted by Gasteiger charge is 2.31. The minimum absolute atomic E-state index is 0.178. The van der Waals surface area contributed by atoms with Crippen LogP contribution in [0, 0.1) is 0 Å². The van der Waals surface area contributed by atoms with Crippen molar-refractivity contribution in [2.75, 3.05) is 19.8 Å². The Morgan fingerprint density at radius 2 is 0.766 bits per heavy atom. The van der Waals surface area contributed by atoms with Gasteiger partial charge in [-0.3, -0.25) is 0 Å². The van der Waals surface area contributed by atoms with Crippen LogP contribution in [0.2, 0.25) is 0 Å². The SMILES string of the molecule is CCCCCCCCCOc1c(CCCCCCCC)c(OCCCCCCCC)c(O)c(C(=O)O)c1OCCCCCCCCC. The first-order valence-corrected chi connectivity index (χ1v) is 20.1. The van der Waals surface area contributed by atoms with Crippen molar-refractivity contribution < 1.29 is 29.2 Å². The molecule has 0 radical (unpaired) electrons. The molecular weight excluding hydrogens is 588 g/mol. The van der Waals surface area contributed by atoms with Crippen LogP contribution in [-0.2, 0) is 6.42 Å². The largest absolute Gasteiger partial charge is 0.504 e. The molecular formula is C41H74O6. The highest BCUT2D eigenvalue weighted by molar-refractivity contribution is 5.97. The quantitative estimate of drug-likeness (QED) is 0.0714. The van der Waals surface area contributed by atoms with Crippen LogP contribution in [0.15, 0.2) is 0 Å². The first-order valence-electron chi connectivity index (χ1n) is 20.1. The van der Waals surface area contributed by atoms with E-state index in [0.717, 1.165) is 76.2 Å². The molecule has 0 atom stereocenters. The molecule has 0 saturated carbocycles. The van der Waals surface area contributed by atoms with Gasteiger partial charge in [-0.1, -0.05) is 169 Å². The van der Waals surface area contributed by atoms with Crippen molar-refractivity contribution in [1.82, 2.24) is 0 Å². The second kappa shape index (κ2) is 30.0. The number of rotatable bonds is 34. The zero-order valence-electron chi connectivity index (χ0n) is 31.2. The number of aromatic hydroxyl groups is 1. The van der Waals surface area contributed by atoms with Crippen molar-refractivity contribution in [3.05, 3.63) is 11.1 Å². The molecule has 0 bridgehead atoms. The normalized spacial score (nSPS) is 11.2. The Hall–Kier alpha value is -2.11. The smallest absolute Gasteiger partial charge is 0.343 e. The number of hydrogen-bond acceptors (Lipinski definition) is 5. The van der Waals surface area contributed by atoms with E-state index in [1.807, 2.05) is 0 Å². The fraction of sp³-hybridized carbons (Fsp3) is 0.829. The zero-order valence-corrected chi connectivity index (χ0v) is 31.2. The number of carboxylic acids is 1. The molecule has 274 valence electrons. The number of ether oxygens (including phenoxy) is 3. The Balaban J connectivity index is 3.25. The van der Waals surface area contributed by atoms with E-state index in [-0.39, 0.29) is 22.8 Å². The molecule has 6 heteroatoms. The second-order valence-corrected chi connectivity index (χ2v) is 13.6. The highest BCUT2D eigenvalue weighted by atomic mass is 16.5. The topological polar surface area (TPSA) is 85.2 Å². The van der Waals surface area contributed by atoms with E-state index in [4.69, 9.17) is 14.2 Å². The summed E-state index contributed by atoms with van der Waals surface area (Å²) in [5, 5.41) is 21.8. The number of unbranched alkanes of at least 4 members (excludes halogenated alkanes) is 22. The van der Waals surface area contributed by atoms with Gasteiger partial charge in [0.25, 0.3) is 0 Å². The second-order valence-electron chi connectivity index (χ2n) is 13.6. The monoisotopic (exact) mass is 663 g/mol. The molecule has 0 aromatic heterocycles. The fourth-order valence-corrected chi connectivity index (χ4v) is 6.19. The number of aromatic carboxylic acids is 1. The molecule has 1 aromatic rings. The molecule has 0 heterocycles. The number of hydrogen-bond donors (Lipinski definition) is 2. The molecule has 0 aliphatic rings. The molecule has 0 amide bonds. The van der Waals surface area contributed by atoms with Gasteiger partial charge in [0, 0.05) is 5.56 Å². The molecule has 1 rings (SSSR count). The van der Waals surface area contributed by atoms with Crippen molar-refractivity contribution in [3.8, 4) is 23.0 Å². The Morgan fingerprint density at radius 1 is 0.447 bits per heavy atom. The summed E-state index contributed by atoms with van der Waals surface area (Å²) in [6.07, 6.45) is 30.4. The number of carboxylic acid groups (broad SMARTS) is 1. The van der Waals surface area contributed by atoms with Gasteiger partial charge in [0.2, 0.25) is 0 Å². The van der Waals surface area contributed by atoms with E-state index in [1.54, 1.807) is 0 Å². The highest BCUT2D eigenvalue weighted by Crippen LogP contribution is 2.49. The maximum atomic E-state index is 12.7. The molecule has 0 saturated heterocycles. The number of carbonyl (C=O) groups is 1. The van der Waals surface area contributed by atoms with Crippen LogP contribution >= 0.6 is 0 Å². The summed E-state index contributed by atoms with van der Waals surface area (Å²) in [6, 6.07) is 0. The first kappa shape index (κ1) is 42.9. The molecule has 0 fully saturated rings. The van der Waals surface area contributed by atoms with Crippen molar-refractivity contribution in [3.63, 3.8) is 0 Å². The van der Waals surface area contributed by atoms with Crippen molar-refractivity contribution >= 4 is 5.97 Å². The lowest BCUT2D eigenvalue weighted by molar-refractivity contribution is 0.0686. The van der Waals surface area contributed by atoms with Crippen molar-refractivity contribution in [2.45, 2.75) is 201 Å². The van der Waals surface area contributed by atoms with Gasteiger partial charge in [-0.25, -0.2) is 4.79 Å². The van der Waals surface area contributed by atoms with Crippen LogP contribution in [0.5, 0.6) is 23.0 Å². The van der Waals surface area contributed by atoms with Gasteiger partial charge >= 0.3 is 5.97 Å².